The van der Waals surface area contributed by atoms with Gasteiger partial charge >= 0.3 is 6.03 Å². The van der Waals surface area contributed by atoms with Gasteiger partial charge in [-0.2, -0.15) is 0 Å². The molecule has 2 N–H and O–H groups in total. The van der Waals surface area contributed by atoms with Crippen LogP contribution in [0.25, 0.3) is 0 Å². The van der Waals surface area contributed by atoms with Crippen LogP contribution in [0.1, 0.15) is 5.56 Å². The van der Waals surface area contributed by atoms with Gasteiger partial charge < -0.3 is 20.1 Å². The van der Waals surface area contributed by atoms with Crippen molar-refractivity contribution in [3.8, 4) is 11.5 Å². The Morgan fingerprint density at radius 1 is 1.08 bits per heavy atom. The number of halogens is 2. The van der Waals surface area contributed by atoms with Crippen molar-refractivity contribution in [3.63, 3.8) is 0 Å². The Hall–Kier alpha value is -2.11. The Morgan fingerprint density at radius 2 is 1.88 bits per heavy atom. The molecular formula is C17H18Cl2N2O3. The second-order valence-corrected chi connectivity index (χ2v) is 5.78. The number of rotatable bonds is 6. The van der Waals surface area contributed by atoms with E-state index < -0.39 is 0 Å². The minimum atomic E-state index is -0.341. The molecule has 128 valence electrons. The number of carbonyl (C=O) groups excluding carboxylic acids is 1. The number of methoxy groups -OCH3 is 2. The summed E-state index contributed by atoms with van der Waals surface area (Å²) in [5, 5.41) is 6.67. The number of hydrogen-bond donors (Lipinski definition) is 2. The second kappa shape index (κ2) is 8.66. The highest BCUT2D eigenvalue weighted by atomic mass is 35.5. The average molecular weight is 369 g/mol. The van der Waals surface area contributed by atoms with Gasteiger partial charge in [0, 0.05) is 22.7 Å². The number of urea groups is 1. The predicted molar refractivity (Wildman–Crippen MR) is 96.7 cm³/mol. The number of amides is 2. The second-order valence-electron chi connectivity index (χ2n) is 4.93. The van der Waals surface area contributed by atoms with Crippen molar-refractivity contribution in [3.05, 3.63) is 52.0 Å². The summed E-state index contributed by atoms with van der Waals surface area (Å²) in [5.41, 5.74) is 1.44. The van der Waals surface area contributed by atoms with E-state index in [1.165, 1.54) is 7.11 Å². The predicted octanol–water partition coefficient (Wildman–Crippen LogP) is 4.37. The molecule has 0 spiro atoms. The number of benzene rings is 2. The van der Waals surface area contributed by atoms with Gasteiger partial charge in [-0.15, -0.1) is 0 Å². The maximum absolute atomic E-state index is 12.0. The molecule has 2 aromatic rings. The van der Waals surface area contributed by atoms with Gasteiger partial charge in [-0.25, -0.2) is 4.79 Å². The van der Waals surface area contributed by atoms with E-state index >= 15 is 0 Å². The standard InChI is InChI=1S/C17H18Cl2N2O3/c1-23-13-5-6-16(24-2)15(10-13)21-17(22)20-8-7-11-3-4-12(18)9-14(11)19/h3-6,9-10H,7-8H2,1-2H3,(H2,20,21,22). The molecule has 0 saturated carbocycles. The molecule has 0 unspecified atom stereocenters. The lowest BCUT2D eigenvalue weighted by Crippen LogP contribution is -2.30. The summed E-state index contributed by atoms with van der Waals surface area (Å²) >= 11 is 12.0. The highest BCUT2D eigenvalue weighted by molar-refractivity contribution is 6.35. The van der Waals surface area contributed by atoms with Crippen molar-refractivity contribution >= 4 is 34.9 Å². The molecule has 0 bridgehead atoms. The van der Waals surface area contributed by atoms with Gasteiger partial charge in [-0.1, -0.05) is 29.3 Å². The first-order valence-electron chi connectivity index (χ1n) is 7.24. The van der Waals surface area contributed by atoms with E-state index in [9.17, 15) is 4.79 Å². The molecule has 0 atom stereocenters. The normalized spacial score (nSPS) is 10.2. The summed E-state index contributed by atoms with van der Waals surface area (Å²) in [6, 6.07) is 10.1. The summed E-state index contributed by atoms with van der Waals surface area (Å²) in [6.45, 7) is 0.430. The molecule has 0 aromatic heterocycles. The van der Waals surface area contributed by atoms with Crippen molar-refractivity contribution in [1.29, 1.82) is 0 Å². The van der Waals surface area contributed by atoms with Crippen molar-refractivity contribution in [2.24, 2.45) is 0 Å². The van der Waals surface area contributed by atoms with Crippen LogP contribution < -0.4 is 20.1 Å². The maximum Gasteiger partial charge on any atom is 0.319 e. The van der Waals surface area contributed by atoms with Crippen LogP contribution in [0.15, 0.2) is 36.4 Å². The minimum Gasteiger partial charge on any atom is -0.497 e. The van der Waals surface area contributed by atoms with Crippen LogP contribution in [-0.4, -0.2) is 26.8 Å². The zero-order valence-electron chi connectivity index (χ0n) is 13.4. The van der Waals surface area contributed by atoms with Gasteiger partial charge in [0.2, 0.25) is 0 Å². The van der Waals surface area contributed by atoms with Gasteiger partial charge in [0.15, 0.2) is 0 Å². The van der Waals surface area contributed by atoms with Gasteiger partial charge in [-0.3, -0.25) is 0 Å². The molecule has 0 radical (unpaired) electrons. The third-order valence-corrected chi connectivity index (χ3v) is 3.94. The fourth-order valence-electron chi connectivity index (χ4n) is 2.11. The Kier molecular flexibility index (Phi) is 6.58. The third kappa shape index (κ3) is 4.94. The zero-order valence-corrected chi connectivity index (χ0v) is 14.9. The van der Waals surface area contributed by atoms with Crippen molar-refractivity contribution in [2.75, 3.05) is 26.1 Å². The van der Waals surface area contributed by atoms with Crippen LogP contribution >= 0.6 is 23.2 Å². The third-order valence-electron chi connectivity index (χ3n) is 3.35. The Balaban J connectivity index is 1.91. The summed E-state index contributed by atoms with van der Waals surface area (Å²) in [5.74, 6) is 1.17. The fraction of sp³-hybridized carbons (Fsp3) is 0.235. The SMILES string of the molecule is COc1ccc(OC)c(NC(=O)NCCc2ccc(Cl)cc2Cl)c1. The van der Waals surface area contributed by atoms with E-state index in [1.807, 2.05) is 6.07 Å². The molecule has 7 heteroatoms. The van der Waals surface area contributed by atoms with Crippen LogP contribution in [0.5, 0.6) is 11.5 Å². The van der Waals surface area contributed by atoms with E-state index in [0.29, 0.717) is 40.2 Å². The molecule has 2 rings (SSSR count). The van der Waals surface area contributed by atoms with E-state index in [-0.39, 0.29) is 6.03 Å². The topological polar surface area (TPSA) is 59.6 Å². The molecule has 0 saturated heterocycles. The zero-order chi connectivity index (χ0) is 17.5. The lowest BCUT2D eigenvalue weighted by Gasteiger charge is -2.12. The van der Waals surface area contributed by atoms with Crippen molar-refractivity contribution in [1.82, 2.24) is 5.32 Å². The Bertz CT molecular complexity index is 723. The molecule has 0 heterocycles. The first-order chi connectivity index (χ1) is 11.5. The molecule has 0 aliphatic heterocycles. The highest BCUT2D eigenvalue weighted by Gasteiger charge is 2.09. The first-order valence-corrected chi connectivity index (χ1v) is 8.00. The molecular weight excluding hydrogens is 351 g/mol. The monoisotopic (exact) mass is 368 g/mol. The molecule has 2 aromatic carbocycles. The average Bonchev–Trinajstić information content (AvgIpc) is 2.56. The van der Waals surface area contributed by atoms with Gasteiger partial charge in [0.25, 0.3) is 0 Å². The van der Waals surface area contributed by atoms with Crippen LogP contribution in [0.2, 0.25) is 10.0 Å². The van der Waals surface area contributed by atoms with Crippen LogP contribution in [0.3, 0.4) is 0 Å². The number of carbonyl (C=O) groups is 1. The molecule has 0 fully saturated rings. The van der Waals surface area contributed by atoms with E-state index in [2.05, 4.69) is 10.6 Å². The summed E-state index contributed by atoms with van der Waals surface area (Å²) in [7, 11) is 3.09. The molecule has 24 heavy (non-hydrogen) atoms. The highest BCUT2D eigenvalue weighted by Crippen LogP contribution is 2.28. The van der Waals surface area contributed by atoms with Crippen LogP contribution in [-0.2, 0) is 6.42 Å². The number of nitrogens with one attached hydrogen (secondary N) is 2. The molecule has 5 nitrogen and oxygen atoms in total. The lowest BCUT2D eigenvalue weighted by atomic mass is 10.1. The fourth-order valence-corrected chi connectivity index (χ4v) is 2.62. The van der Waals surface area contributed by atoms with Crippen LogP contribution in [0.4, 0.5) is 10.5 Å². The number of anilines is 1. The van der Waals surface area contributed by atoms with E-state index in [1.54, 1.807) is 37.4 Å². The Labute approximate surface area is 150 Å². The smallest absolute Gasteiger partial charge is 0.319 e. The number of hydrogen-bond acceptors (Lipinski definition) is 3. The lowest BCUT2D eigenvalue weighted by molar-refractivity contribution is 0.252. The maximum atomic E-state index is 12.0. The van der Waals surface area contributed by atoms with E-state index in [0.717, 1.165) is 5.56 Å². The van der Waals surface area contributed by atoms with Crippen molar-refractivity contribution < 1.29 is 14.3 Å². The molecule has 0 aliphatic rings. The Morgan fingerprint density at radius 3 is 2.54 bits per heavy atom. The summed E-state index contributed by atoms with van der Waals surface area (Å²) < 4.78 is 10.4. The summed E-state index contributed by atoms with van der Waals surface area (Å²) in [6.07, 6.45) is 0.596. The minimum absolute atomic E-state index is 0.341. The first kappa shape index (κ1) is 18.2. The molecule has 0 aliphatic carbocycles. The van der Waals surface area contributed by atoms with Crippen LogP contribution in [0, 0.1) is 0 Å². The van der Waals surface area contributed by atoms with Gasteiger partial charge in [0.1, 0.15) is 11.5 Å². The van der Waals surface area contributed by atoms with Crippen molar-refractivity contribution in [2.45, 2.75) is 6.42 Å². The van der Waals surface area contributed by atoms with E-state index in [4.69, 9.17) is 32.7 Å². The van der Waals surface area contributed by atoms with Gasteiger partial charge in [-0.05, 0) is 36.2 Å². The summed E-state index contributed by atoms with van der Waals surface area (Å²) in [4.78, 5) is 12.0. The van der Waals surface area contributed by atoms with Gasteiger partial charge in [0.05, 0.1) is 19.9 Å². The number of ether oxygens (including phenoxy) is 2. The molecule has 2 amide bonds. The quantitative estimate of drug-likeness (QED) is 0.795. The largest absolute Gasteiger partial charge is 0.497 e.